The molecule has 0 saturated heterocycles. The van der Waals surface area contributed by atoms with Crippen molar-refractivity contribution in [3.8, 4) is 0 Å². The molecule has 0 aliphatic heterocycles. The molecule has 0 heterocycles. The minimum Gasteiger partial charge on any atom is -0.304 e. The molecule has 20 heavy (non-hydrogen) atoms. The van der Waals surface area contributed by atoms with Gasteiger partial charge in [0.2, 0.25) is 0 Å². The Morgan fingerprint density at radius 3 is 2.30 bits per heavy atom. The summed E-state index contributed by atoms with van der Waals surface area (Å²) in [5.74, 6) is -0.516. The first-order valence-electron chi connectivity index (χ1n) is 6.44. The normalized spacial score (nSPS) is 14.1. The van der Waals surface area contributed by atoms with Crippen LogP contribution in [0.5, 0.6) is 0 Å². The molecule has 2 atom stereocenters. The third kappa shape index (κ3) is 3.64. The molecule has 1 nitrogen and oxygen atoms in total. The molecule has 2 aromatic carbocycles. The lowest BCUT2D eigenvalue weighted by Gasteiger charge is -2.21. The van der Waals surface area contributed by atoms with Gasteiger partial charge in [0.25, 0.3) is 0 Å². The lowest BCUT2D eigenvalue weighted by Crippen LogP contribution is -2.22. The molecule has 0 fully saturated rings. The van der Waals surface area contributed by atoms with Gasteiger partial charge in [-0.15, -0.1) is 0 Å². The fourth-order valence-electron chi connectivity index (χ4n) is 2.19. The highest BCUT2D eigenvalue weighted by Crippen LogP contribution is 2.26. The molecule has 0 spiro atoms. The fraction of sp³-hybridized carbons (Fsp3) is 0.250. The van der Waals surface area contributed by atoms with Crippen LogP contribution in [0.3, 0.4) is 0 Å². The van der Waals surface area contributed by atoms with Crippen LogP contribution in [-0.2, 0) is 0 Å². The van der Waals surface area contributed by atoms with Crippen molar-refractivity contribution in [3.05, 3.63) is 69.7 Å². The summed E-state index contributed by atoms with van der Waals surface area (Å²) >= 11 is 3.37. The topological polar surface area (TPSA) is 12.0 Å². The van der Waals surface area contributed by atoms with Crippen LogP contribution in [0.2, 0.25) is 0 Å². The predicted molar refractivity (Wildman–Crippen MR) is 80.5 cm³/mol. The Morgan fingerprint density at radius 2 is 1.65 bits per heavy atom. The van der Waals surface area contributed by atoms with Crippen molar-refractivity contribution in [1.82, 2.24) is 5.32 Å². The molecule has 1 unspecified atom stereocenters. The van der Waals surface area contributed by atoms with E-state index in [2.05, 4.69) is 21.2 Å². The summed E-state index contributed by atoms with van der Waals surface area (Å²) in [6.45, 7) is 3.97. The van der Waals surface area contributed by atoms with E-state index in [-0.39, 0.29) is 23.7 Å². The average Bonchev–Trinajstić information content (AvgIpc) is 2.38. The van der Waals surface area contributed by atoms with Crippen LogP contribution in [0.1, 0.15) is 37.1 Å². The van der Waals surface area contributed by atoms with E-state index in [4.69, 9.17) is 0 Å². The van der Waals surface area contributed by atoms with Crippen LogP contribution in [0.25, 0.3) is 0 Å². The van der Waals surface area contributed by atoms with E-state index in [0.717, 1.165) is 15.6 Å². The quantitative estimate of drug-likeness (QED) is 0.813. The van der Waals surface area contributed by atoms with E-state index in [0.29, 0.717) is 0 Å². The zero-order valence-electron chi connectivity index (χ0n) is 11.3. The van der Waals surface area contributed by atoms with E-state index < -0.39 is 0 Å². The summed E-state index contributed by atoms with van der Waals surface area (Å²) in [5, 5.41) is 3.38. The van der Waals surface area contributed by atoms with Gasteiger partial charge in [0.15, 0.2) is 0 Å². The molecule has 2 aromatic rings. The molecule has 106 valence electrons. The van der Waals surface area contributed by atoms with E-state index in [1.165, 1.54) is 24.3 Å². The van der Waals surface area contributed by atoms with Gasteiger partial charge in [-0.1, -0.05) is 34.1 Å². The molecular weight excluding hydrogens is 324 g/mol. The van der Waals surface area contributed by atoms with Crippen LogP contribution in [0.15, 0.2) is 46.9 Å². The highest BCUT2D eigenvalue weighted by molar-refractivity contribution is 9.10. The monoisotopic (exact) mass is 339 g/mol. The first kappa shape index (κ1) is 15.1. The van der Waals surface area contributed by atoms with Gasteiger partial charge in [-0.25, -0.2) is 8.78 Å². The Hall–Kier alpha value is -1.26. The second-order valence-electron chi connectivity index (χ2n) is 4.83. The highest BCUT2D eigenvalue weighted by atomic mass is 79.9. The maximum atomic E-state index is 13.2. The number of benzene rings is 2. The number of halogens is 3. The zero-order valence-corrected chi connectivity index (χ0v) is 12.9. The van der Waals surface area contributed by atoms with Crippen molar-refractivity contribution in [2.45, 2.75) is 25.9 Å². The molecule has 0 radical (unpaired) electrons. The van der Waals surface area contributed by atoms with Crippen LogP contribution in [-0.4, -0.2) is 0 Å². The average molecular weight is 340 g/mol. The van der Waals surface area contributed by atoms with Gasteiger partial charge >= 0.3 is 0 Å². The Morgan fingerprint density at radius 1 is 0.950 bits per heavy atom. The maximum absolute atomic E-state index is 13.2. The van der Waals surface area contributed by atoms with Crippen molar-refractivity contribution >= 4 is 15.9 Å². The third-order valence-corrected chi connectivity index (χ3v) is 3.96. The zero-order chi connectivity index (χ0) is 14.7. The van der Waals surface area contributed by atoms with Gasteiger partial charge in [-0.3, -0.25) is 0 Å². The van der Waals surface area contributed by atoms with Crippen LogP contribution in [0.4, 0.5) is 8.78 Å². The molecular formula is C16H16BrF2N. The van der Waals surface area contributed by atoms with Crippen molar-refractivity contribution in [3.63, 3.8) is 0 Å². The molecule has 2 rings (SSSR count). The third-order valence-electron chi connectivity index (χ3n) is 3.28. The molecule has 0 saturated carbocycles. The fourth-order valence-corrected chi connectivity index (χ4v) is 2.88. The van der Waals surface area contributed by atoms with E-state index in [1.54, 1.807) is 12.1 Å². The molecule has 0 aliphatic rings. The molecule has 1 N–H and O–H groups in total. The molecule has 0 amide bonds. The first-order valence-corrected chi connectivity index (χ1v) is 7.23. The van der Waals surface area contributed by atoms with Crippen LogP contribution in [0, 0.1) is 11.6 Å². The summed E-state index contributed by atoms with van der Waals surface area (Å²) in [5.41, 5.74) is 1.85. The number of hydrogen-bond donors (Lipinski definition) is 1. The van der Waals surface area contributed by atoms with Crippen molar-refractivity contribution in [1.29, 1.82) is 0 Å². The van der Waals surface area contributed by atoms with Crippen molar-refractivity contribution < 1.29 is 8.78 Å². The summed E-state index contributed by atoms with van der Waals surface area (Å²) < 4.78 is 27.0. The van der Waals surface area contributed by atoms with Crippen LogP contribution >= 0.6 is 15.9 Å². The van der Waals surface area contributed by atoms with E-state index >= 15 is 0 Å². The minimum absolute atomic E-state index is 0.00217. The minimum atomic E-state index is -0.272. The second kappa shape index (κ2) is 6.46. The standard InChI is InChI=1S/C16H16BrF2N/c1-10(12-4-3-5-13(18)8-12)20-11(2)15-7-6-14(19)9-16(15)17/h3-11,20H,1-2H3/t10-,11?/m0/s1. The van der Waals surface area contributed by atoms with E-state index in [1.807, 2.05) is 19.9 Å². The number of rotatable bonds is 4. The lowest BCUT2D eigenvalue weighted by atomic mass is 10.0. The predicted octanol–water partition coefficient (Wildman–Crippen LogP) is 5.14. The summed E-state index contributed by atoms with van der Waals surface area (Å²) in [6, 6.07) is 11.2. The van der Waals surface area contributed by atoms with Gasteiger partial charge < -0.3 is 5.32 Å². The van der Waals surface area contributed by atoms with Gasteiger partial charge in [-0.05, 0) is 49.2 Å². The van der Waals surface area contributed by atoms with Gasteiger partial charge in [0, 0.05) is 16.6 Å². The Bertz CT molecular complexity index is 601. The lowest BCUT2D eigenvalue weighted by molar-refractivity contribution is 0.490. The first-order chi connectivity index (χ1) is 9.47. The van der Waals surface area contributed by atoms with Crippen molar-refractivity contribution in [2.24, 2.45) is 0 Å². The molecule has 0 aliphatic carbocycles. The smallest absolute Gasteiger partial charge is 0.124 e. The SMILES string of the molecule is CC(N[C@@H](C)c1cccc(F)c1)c1ccc(F)cc1Br. The second-order valence-corrected chi connectivity index (χ2v) is 5.69. The van der Waals surface area contributed by atoms with Gasteiger partial charge in [0.05, 0.1) is 0 Å². The summed E-state index contributed by atoms with van der Waals surface area (Å²) in [4.78, 5) is 0. The van der Waals surface area contributed by atoms with Crippen LogP contribution < -0.4 is 5.32 Å². The summed E-state index contributed by atoms with van der Waals surface area (Å²) in [6.07, 6.45) is 0. The van der Waals surface area contributed by atoms with Crippen molar-refractivity contribution in [2.75, 3.05) is 0 Å². The number of hydrogen-bond acceptors (Lipinski definition) is 1. The highest BCUT2D eigenvalue weighted by Gasteiger charge is 2.14. The molecule has 0 bridgehead atoms. The largest absolute Gasteiger partial charge is 0.304 e. The molecule has 4 heteroatoms. The van der Waals surface area contributed by atoms with Gasteiger partial charge in [0.1, 0.15) is 11.6 Å². The Labute approximate surface area is 126 Å². The summed E-state index contributed by atoms with van der Waals surface area (Å²) in [7, 11) is 0. The number of nitrogens with one attached hydrogen (secondary N) is 1. The Kier molecular flexibility index (Phi) is 4.89. The van der Waals surface area contributed by atoms with E-state index in [9.17, 15) is 8.78 Å². The Balaban J connectivity index is 2.12. The van der Waals surface area contributed by atoms with Gasteiger partial charge in [-0.2, -0.15) is 0 Å². The maximum Gasteiger partial charge on any atom is 0.124 e. The molecule has 0 aromatic heterocycles.